The summed E-state index contributed by atoms with van der Waals surface area (Å²) in [6.07, 6.45) is 0. The van der Waals surface area contributed by atoms with Crippen LogP contribution in [0.5, 0.6) is 0 Å². The van der Waals surface area contributed by atoms with Gasteiger partial charge in [-0.3, -0.25) is 4.79 Å². The molecule has 1 unspecified atom stereocenters. The third-order valence-corrected chi connectivity index (χ3v) is 3.38. The quantitative estimate of drug-likeness (QED) is 0.902. The zero-order valence-electron chi connectivity index (χ0n) is 9.31. The minimum Gasteiger partial charge on any atom is -0.345 e. The summed E-state index contributed by atoms with van der Waals surface area (Å²) in [5.74, 6) is -0.0452. The van der Waals surface area contributed by atoms with E-state index in [1.807, 2.05) is 41.1 Å². The van der Waals surface area contributed by atoms with Crippen LogP contribution in [0.25, 0.3) is 0 Å². The molecular weight excluding hydrogens is 254 g/mol. The Bertz CT molecular complexity index is 493. The molecule has 1 aromatic carbocycles. The Labute approximate surface area is 109 Å². The molecular formula is C13H12ClNOS. The van der Waals surface area contributed by atoms with E-state index in [1.54, 1.807) is 11.3 Å². The predicted octanol–water partition coefficient (Wildman–Crippen LogP) is 3.63. The maximum atomic E-state index is 11.3. The highest BCUT2D eigenvalue weighted by Gasteiger charge is 2.15. The molecule has 0 aliphatic rings. The minimum atomic E-state index is -0.101. The second kappa shape index (κ2) is 5.34. The second-order valence-electron chi connectivity index (χ2n) is 3.74. The SMILES string of the molecule is CC(=O)NC(c1ccc(Cl)cc1)c1ccsc1. The van der Waals surface area contributed by atoms with Crippen molar-refractivity contribution < 1.29 is 4.79 Å². The number of hydrogen-bond donors (Lipinski definition) is 1. The van der Waals surface area contributed by atoms with Crippen molar-refractivity contribution in [3.05, 3.63) is 57.2 Å². The molecule has 0 bridgehead atoms. The first kappa shape index (κ1) is 12.1. The Morgan fingerprint density at radius 1 is 1.24 bits per heavy atom. The van der Waals surface area contributed by atoms with E-state index < -0.39 is 0 Å². The molecule has 0 radical (unpaired) electrons. The highest BCUT2D eigenvalue weighted by atomic mass is 35.5. The molecule has 2 nitrogen and oxygen atoms in total. The van der Waals surface area contributed by atoms with Gasteiger partial charge in [-0.1, -0.05) is 23.7 Å². The second-order valence-corrected chi connectivity index (χ2v) is 4.96. The largest absolute Gasteiger partial charge is 0.345 e. The van der Waals surface area contributed by atoms with Crippen LogP contribution in [0.3, 0.4) is 0 Å². The van der Waals surface area contributed by atoms with Gasteiger partial charge in [0.1, 0.15) is 0 Å². The number of carbonyl (C=O) groups excluding carboxylic acids is 1. The Morgan fingerprint density at radius 2 is 1.94 bits per heavy atom. The van der Waals surface area contributed by atoms with Crippen LogP contribution in [0.4, 0.5) is 0 Å². The van der Waals surface area contributed by atoms with Crippen LogP contribution < -0.4 is 5.32 Å². The van der Waals surface area contributed by atoms with E-state index in [0.717, 1.165) is 11.1 Å². The zero-order valence-corrected chi connectivity index (χ0v) is 10.9. The number of thiophene rings is 1. The maximum absolute atomic E-state index is 11.3. The van der Waals surface area contributed by atoms with E-state index in [9.17, 15) is 4.79 Å². The van der Waals surface area contributed by atoms with Gasteiger partial charge in [-0.25, -0.2) is 0 Å². The molecule has 0 aliphatic heterocycles. The lowest BCUT2D eigenvalue weighted by Crippen LogP contribution is -2.26. The predicted molar refractivity (Wildman–Crippen MR) is 71.4 cm³/mol. The molecule has 0 spiro atoms. The number of rotatable bonds is 3. The number of carbonyl (C=O) groups is 1. The lowest BCUT2D eigenvalue weighted by Gasteiger charge is -2.17. The lowest BCUT2D eigenvalue weighted by molar-refractivity contribution is -0.119. The van der Waals surface area contributed by atoms with Gasteiger partial charge >= 0.3 is 0 Å². The van der Waals surface area contributed by atoms with Gasteiger partial charge in [-0.2, -0.15) is 11.3 Å². The first-order valence-electron chi connectivity index (χ1n) is 5.21. The standard InChI is InChI=1S/C13H12ClNOS/c1-9(16)15-13(11-6-7-17-8-11)10-2-4-12(14)5-3-10/h2-8,13H,1H3,(H,15,16). The molecule has 1 amide bonds. The summed E-state index contributed by atoms with van der Waals surface area (Å²) < 4.78 is 0. The number of hydrogen-bond acceptors (Lipinski definition) is 2. The van der Waals surface area contributed by atoms with E-state index in [0.29, 0.717) is 5.02 Å². The van der Waals surface area contributed by atoms with Crippen molar-refractivity contribution in [3.63, 3.8) is 0 Å². The van der Waals surface area contributed by atoms with Gasteiger partial charge in [-0.15, -0.1) is 0 Å². The molecule has 1 atom stereocenters. The van der Waals surface area contributed by atoms with Crippen LogP contribution >= 0.6 is 22.9 Å². The zero-order chi connectivity index (χ0) is 12.3. The van der Waals surface area contributed by atoms with Gasteiger partial charge < -0.3 is 5.32 Å². The molecule has 0 saturated heterocycles. The van der Waals surface area contributed by atoms with Crippen molar-refractivity contribution in [3.8, 4) is 0 Å². The van der Waals surface area contributed by atoms with Crippen molar-refractivity contribution in [1.29, 1.82) is 0 Å². The molecule has 0 fully saturated rings. The summed E-state index contributed by atoms with van der Waals surface area (Å²) in [5.41, 5.74) is 2.12. The number of nitrogens with one attached hydrogen (secondary N) is 1. The van der Waals surface area contributed by atoms with Gasteiger partial charge in [0.2, 0.25) is 5.91 Å². The van der Waals surface area contributed by atoms with Crippen LogP contribution in [-0.4, -0.2) is 5.91 Å². The van der Waals surface area contributed by atoms with Crippen LogP contribution in [0.1, 0.15) is 24.1 Å². The molecule has 1 aromatic heterocycles. The number of benzene rings is 1. The summed E-state index contributed by atoms with van der Waals surface area (Å²) in [7, 11) is 0. The molecule has 2 rings (SSSR count). The fourth-order valence-corrected chi connectivity index (χ4v) is 2.47. The summed E-state index contributed by atoms with van der Waals surface area (Å²) in [4.78, 5) is 11.3. The molecule has 17 heavy (non-hydrogen) atoms. The molecule has 1 N–H and O–H groups in total. The van der Waals surface area contributed by atoms with Gasteiger partial charge in [0, 0.05) is 11.9 Å². The fourth-order valence-electron chi connectivity index (χ4n) is 1.66. The van der Waals surface area contributed by atoms with Crippen LogP contribution in [0.15, 0.2) is 41.1 Å². The minimum absolute atomic E-state index is 0.0452. The molecule has 2 aromatic rings. The van der Waals surface area contributed by atoms with Crippen molar-refractivity contribution in [2.24, 2.45) is 0 Å². The van der Waals surface area contributed by atoms with Crippen molar-refractivity contribution in [2.45, 2.75) is 13.0 Å². The Balaban J connectivity index is 2.33. The van der Waals surface area contributed by atoms with E-state index in [-0.39, 0.29) is 11.9 Å². The number of amides is 1. The highest BCUT2D eigenvalue weighted by molar-refractivity contribution is 7.08. The molecule has 0 saturated carbocycles. The van der Waals surface area contributed by atoms with Crippen LogP contribution in [-0.2, 0) is 4.79 Å². The van der Waals surface area contributed by atoms with Gasteiger partial charge in [0.05, 0.1) is 6.04 Å². The maximum Gasteiger partial charge on any atom is 0.217 e. The van der Waals surface area contributed by atoms with Gasteiger partial charge in [-0.05, 0) is 40.1 Å². The summed E-state index contributed by atoms with van der Waals surface area (Å²) >= 11 is 7.48. The van der Waals surface area contributed by atoms with Gasteiger partial charge in [0.15, 0.2) is 0 Å². The first-order chi connectivity index (χ1) is 8.16. The summed E-state index contributed by atoms with van der Waals surface area (Å²) in [5, 5.41) is 7.67. The first-order valence-corrected chi connectivity index (χ1v) is 6.53. The number of halogens is 1. The summed E-state index contributed by atoms with van der Waals surface area (Å²) in [6, 6.07) is 9.44. The molecule has 4 heteroatoms. The van der Waals surface area contributed by atoms with Crippen molar-refractivity contribution in [1.82, 2.24) is 5.32 Å². The monoisotopic (exact) mass is 265 g/mol. The smallest absolute Gasteiger partial charge is 0.217 e. The average Bonchev–Trinajstić information content (AvgIpc) is 2.80. The summed E-state index contributed by atoms with van der Waals surface area (Å²) in [6.45, 7) is 1.52. The van der Waals surface area contributed by atoms with Crippen molar-refractivity contribution >= 4 is 28.8 Å². The van der Waals surface area contributed by atoms with Gasteiger partial charge in [0.25, 0.3) is 0 Å². The molecule has 1 heterocycles. The van der Waals surface area contributed by atoms with E-state index in [2.05, 4.69) is 5.32 Å². The molecule has 0 aliphatic carbocycles. The highest BCUT2D eigenvalue weighted by Crippen LogP contribution is 2.25. The normalized spacial score (nSPS) is 12.1. The lowest BCUT2D eigenvalue weighted by atomic mass is 10.0. The third-order valence-electron chi connectivity index (χ3n) is 2.43. The molecule has 88 valence electrons. The Kier molecular flexibility index (Phi) is 3.82. The van der Waals surface area contributed by atoms with Crippen LogP contribution in [0, 0.1) is 0 Å². The van der Waals surface area contributed by atoms with E-state index in [1.165, 1.54) is 6.92 Å². The van der Waals surface area contributed by atoms with E-state index in [4.69, 9.17) is 11.6 Å². The average molecular weight is 266 g/mol. The third kappa shape index (κ3) is 3.08. The topological polar surface area (TPSA) is 29.1 Å². The van der Waals surface area contributed by atoms with E-state index >= 15 is 0 Å². The Hall–Kier alpha value is -1.32. The van der Waals surface area contributed by atoms with Crippen LogP contribution in [0.2, 0.25) is 5.02 Å². The van der Waals surface area contributed by atoms with Crippen molar-refractivity contribution in [2.75, 3.05) is 0 Å². The Morgan fingerprint density at radius 3 is 2.47 bits per heavy atom. The fraction of sp³-hybridized carbons (Fsp3) is 0.154.